The maximum absolute atomic E-state index is 12.2. The third-order valence-electron chi connectivity index (χ3n) is 4.44. The van der Waals surface area contributed by atoms with E-state index >= 15 is 0 Å². The van der Waals surface area contributed by atoms with Crippen molar-refractivity contribution in [3.05, 3.63) is 59.4 Å². The fourth-order valence-corrected chi connectivity index (χ4v) is 3.14. The Hall–Kier alpha value is -2.93. The average Bonchev–Trinajstić information content (AvgIpc) is 3.08. The lowest BCUT2D eigenvalue weighted by atomic mass is 10.1. The fraction of sp³-hybridized carbons (Fsp3) is 0.300. The smallest absolute Gasteiger partial charge is 0.311 e. The zero-order valence-corrected chi connectivity index (χ0v) is 15.9. The molecule has 2 heterocycles. The topological polar surface area (TPSA) is 88.6 Å². The normalized spacial score (nSPS) is 16.1. The summed E-state index contributed by atoms with van der Waals surface area (Å²) >= 11 is 5.86. The van der Waals surface area contributed by atoms with E-state index in [9.17, 15) is 14.4 Å². The highest BCUT2D eigenvalue weighted by Gasteiger charge is 2.35. The van der Waals surface area contributed by atoms with Gasteiger partial charge in [-0.25, -0.2) is 4.98 Å². The molecule has 2 amide bonds. The number of rotatable bonds is 7. The first kappa shape index (κ1) is 19.8. The molecular formula is C20H20ClN3O4. The van der Waals surface area contributed by atoms with Crippen LogP contribution >= 0.6 is 11.6 Å². The van der Waals surface area contributed by atoms with Crippen molar-refractivity contribution in [2.24, 2.45) is 5.92 Å². The maximum Gasteiger partial charge on any atom is 0.311 e. The van der Waals surface area contributed by atoms with E-state index in [1.54, 1.807) is 17.0 Å². The molecule has 1 saturated heterocycles. The lowest BCUT2D eigenvalue weighted by Crippen LogP contribution is -2.29. The van der Waals surface area contributed by atoms with Gasteiger partial charge in [0.15, 0.2) is 11.8 Å². The van der Waals surface area contributed by atoms with E-state index in [-0.39, 0.29) is 17.5 Å². The maximum atomic E-state index is 12.2. The molecule has 1 aliphatic heterocycles. The van der Waals surface area contributed by atoms with Crippen molar-refractivity contribution < 1.29 is 19.1 Å². The number of anilines is 1. The van der Waals surface area contributed by atoms with Crippen molar-refractivity contribution in [3.63, 3.8) is 0 Å². The summed E-state index contributed by atoms with van der Waals surface area (Å²) in [5.41, 5.74) is 1.47. The van der Waals surface area contributed by atoms with E-state index in [1.165, 1.54) is 6.20 Å². The van der Waals surface area contributed by atoms with Crippen molar-refractivity contribution in [2.45, 2.75) is 12.8 Å². The number of amides is 2. The molecule has 0 bridgehead atoms. The molecule has 1 N–H and O–H groups in total. The van der Waals surface area contributed by atoms with Gasteiger partial charge in [-0.3, -0.25) is 14.4 Å². The molecule has 1 unspecified atom stereocenters. The first-order chi connectivity index (χ1) is 13.5. The molecule has 1 fully saturated rings. The van der Waals surface area contributed by atoms with Gasteiger partial charge in [0.05, 0.1) is 11.6 Å². The quantitative estimate of drug-likeness (QED) is 0.568. The van der Waals surface area contributed by atoms with Crippen LogP contribution in [0, 0.1) is 5.92 Å². The zero-order chi connectivity index (χ0) is 19.9. The molecule has 0 aliphatic carbocycles. The Kier molecular flexibility index (Phi) is 6.60. The lowest BCUT2D eigenvalue weighted by molar-refractivity contribution is -0.151. The van der Waals surface area contributed by atoms with Crippen molar-refractivity contribution in [2.75, 3.05) is 25.0 Å². The molecule has 0 spiro atoms. The largest absolute Gasteiger partial charge is 0.455 e. The van der Waals surface area contributed by atoms with Gasteiger partial charge in [-0.2, -0.15) is 0 Å². The second-order valence-electron chi connectivity index (χ2n) is 6.47. The average molecular weight is 402 g/mol. The standard InChI is InChI=1S/C20H20ClN3O4/c21-19-16(7-4-9-22-19)23-17(25)13-28-20(27)15-11-18(26)24(12-15)10-8-14-5-2-1-3-6-14/h1-7,9,15H,8,10-13H2,(H,23,25). The Morgan fingerprint density at radius 2 is 2.00 bits per heavy atom. The summed E-state index contributed by atoms with van der Waals surface area (Å²) in [4.78, 5) is 41.8. The highest BCUT2D eigenvalue weighted by atomic mass is 35.5. The minimum Gasteiger partial charge on any atom is -0.455 e. The van der Waals surface area contributed by atoms with Crippen LogP contribution in [-0.4, -0.2) is 47.4 Å². The van der Waals surface area contributed by atoms with Crippen LogP contribution in [0.1, 0.15) is 12.0 Å². The molecule has 1 aromatic carbocycles. The van der Waals surface area contributed by atoms with Crippen molar-refractivity contribution >= 4 is 35.1 Å². The molecule has 2 aromatic rings. The monoisotopic (exact) mass is 401 g/mol. The second-order valence-corrected chi connectivity index (χ2v) is 6.83. The number of carbonyl (C=O) groups excluding carboxylic acids is 3. The number of hydrogen-bond acceptors (Lipinski definition) is 5. The van der Waals surface area contributed by atoms with Gasteiger partial charge >= 0.3 is 5.97 Å². The number of aromatic nitrogens is 1. The summed E-state index contributed by atoms with van der Waals surface area (Å²) in [7, 11) is 0. The van der Waals surface area contributed by atoms with Gasteiger partial charge in [-0.1, -0.05) is 41.9 Å². The Morgan fingerprint density at radius 1 is 1.21 bits per heavy atom. The third-order valence-corrected chi connectivity index (χ3v) is 4.74. The SMILES string of the molecule is O=C(COC(=O)C1CC(=O)N(CCc2ccccc2)C1)Nc1cccnc1Cl. The zero-order valence-electron chi connectivity index (χ0n) is 15.1. The molecule has 3 rings (SSSR count). The number of esters is 1. The summed E-state index contributed by atoms with van der Waals surface area (Å²) in [6.07, 6.45) is 2.32. The highest BCUT2D eigenvalue weighted by Crippen LogP contribution is 2.20. The van der Waals surface area contributed by atoms with Gasteiger partial charge in [0.25, 0.3) is 5.91 Å². The minimum absolute atomic E-state index is 0.0792. The van der Waals surface area contributed by atoms with Crippen LogP contribution in [0.5, 0.6) is 0 Å². The van der Waals surface area contributed by atoms with Crippen molar-refractivity contribution in [3.8, 4) is 0 Å². The van der Waals surface area contributed by atoms with E-state index in [0.717, 1.165) is 12.0 Å². The molecule has 146 valence electrons. The predicted octanol–water partition coefficient (Wildman–Crippen LogP) is 2.31. The van der Waals surface area contributed by atoms with Gasteiger partial charge in [0, 0.05) is 25.7 Å². The van der Waals surface area contributed by atoms with Crippen LogP contribution in [0.2, 0.25) is 5.15 Å². The number of benzene rings is 1. The van der Waals surface area contributed by atoms with Crippen LogP contribution in [0.4, 0.5) is 5.69 Å². The van der Waals surface area contributed by atoms with Gasteiger partial charge in [0.1, 0.15) is 0 Å². The van der Waals surface area contributed by atoms with Crippen LogP contribution in [0.25, 0.3) is 0 Å². The van der Waals surface area contributed by atoms with E-state index < -0.39 is 24.4 Å². The number of nitrogens with zero attached hydrogens (tertiary/aromatic N) is 2. The van der Waals surface area contributed by atoms with Crippen LogP contribution < -0.4 is 5.32 Å². The molecule has 8 heteroatoms. The molecule has 0 radical (unpaired) electrons. The van der Waals surface area contributed by atoms with Gasteiger partial charge in [-0.15, -0.1) is 0 Å². The summed E-state index contributed by atoms with van der Waals surface area (Å²) in [5.74, 6) is -1.71. The summed E-state index contributed by atoms with van der Waals surface area (Å²) in [6.45, 7) is 0.409. The molecule has 1 aliphatic rings. The number of ether oxygens (including phenoxy) is 1. The number of nitrogens with one attached hydrogen (secondary N) is 1. The lowest BCUT2D eigenvalue weighted by Gasteiger charge is -2.16. The molecule has 0 saturated carbocycles. The highest BCUT2D eigenvalue weighted by molar-refractivity contribution is 6.32. The van der Waals surface area contributed by atoms with Crippen LogP contribution in [0.15, 0.2) is 48.7 Å². The number of pyridine rings is 1. The van der Waals surface area contributed by atoms with Crippen LogP contribution in [-0.2, 0) is 25.5 Å². The summed E-state index contributed by atoms with van der Waals surface area (Å²) in [5, 5.41) is 2.67. The Morgan fingerprint density at radius 3 is 2.75 bits per heavy atom. The molecule has 7 nitrogen and oxygen atoms in total. The van der Waals surface area contributed by atoms with Crippen molar-refractivity contribution in [1.82, 2.24) is 9.88 Å². The summed E-state index contributed by atoms with van der Waals surface area (Å²) in [6, 6.07) is 13.1. The van der Waals surface area contributed by atoms with Crippen molar-refractivity contribution in [1.29, 1.82) is 0 Å². The fourth-order valence-electron chi connectivity index (χ4n) is 2.97. The Labute approximate surface area is 167 Å². The van der Waals surface area contributed by atoms with Gasteiger partial charge in [-0.05, 0) is 24.1 Å². The van der Waals surface area contributed by atoms with E-state index in [0.29, 0.717) is 18.8 Å². The van der Waals surface area contributed by atoms with Crippen LogP contribution in [0.3, 0.4) is 0 Å². The predicted molar refractivity (Wildman–Crippen MR) is 104 cm³/mol. The second kappa shape index (κ2) is 9.32. The number of halogens is 1. The molecule has 1 aromatic heterocycles. The Bertz CT molecular complexity index is 860. The molecule has 28 heavy (non-hydrogen) atoms. The first-order valence-electron chi connectivity index (χ1n) is 8.91. The van der Waals surface area contributed by atoms with Gasteiger partial charge in [0.2, 0.25) is 5.91 Å². The number of carbonyl (C=O) groups is 3. The number of likely N-dealkylation sites (tertiary alicyclic amines) is 1. The third kappa shape index (κ3) is 5.29. The number of hydrogen-bond donors (Lipinski definition) is 1. The summed E-state index contributed by atoms with van der Waals surface area (Å²) < 4.78 is 5.07. The minimum atomic E-state index is -0.557. The molecular weight excluding hydrogens is 382 g/mol. The van der Waals surface area contributed by atoms with E-state index in [2.05, 4.69) is 10.3 Å². The van der Waals surface area contributed by atoms with E-state index in [1.807, 2.05) is 30.3 Å². The first-order valence-corrected chi connectivity index (χ1v) is 9.29. The van der Waals surface area contributed by atoms with Gasteiger partial charge < -0.3 is 15.0 Å². The molecule has 1 atom stereocenters. The van der Waals surface area contributed by atoms with E-state index in [4.69, 9.17) is 16.3 Å². The Balaban J connectivity index is 1.44.